The molecule has 2 aliphatic rings. The Morgan fingerprint density at radius 3 is 1.54 bits per heavy atom. The van der Waals surface area contributed by atoms with Crippen LogP contribution < -0.4 is 0 Å². The molecule has 0 radical (unpaired) electrons. The van der Waals surface area contributed by atoms with E-state index in [4.69, 9.17) is 5.10 Å². The zero-order valence-electron chi connectivity index (χ0n) is 26.7. The molecule has 12 nitrogen and oxygen atoms in total. The van der Waals surface area contributed by atoms with Crippen LogP contribution in [0, 0.1) is 0 Å². The lowest BCUT2D eigenvalue weighted by molar-refractivity contribution is 0.474. The lowest BCUT2D eigenvalue weighted by Gasteiger charge is -2.13. The smallest absolute Gasteiger partial charge is 0.272 e. The van der Waals surface area contributed by atoms with Crippen LogP contribution >= 0.6 is 0 Å². The summed E-state index contributed by atoms with van der Waals surface area (Å²) in [4.78, 5) is 9.02. The van der Waals surface area contributed by atoms with Gasteiger partial charge in [0.25, 0.3) is 11.6 Å². The summed E-state index contributed by atoms with van der Waals surface area (Å²) in [6.07, 6.45) is 7.42. The summed E-state index contributed by atoms with van der Waals surface area (Å²) < 4.78 is 3.48. The zero-order valence-corrected chi connectivity index (χ0v) is 26.7. The highest BCUT2D eigenvalue weighted by Gasteiger charge is 2.51. The Balaban J connectivity index is 0.000000135. The van der Waals surface area contributed by atoms with Gasteiger partial charge in [-0.1, -0.05) is 84.9 Å². The van der Waals surface area contributed by atoms with Gasteiger partial charge in [-0.25, -0.2) is 9.97 Å². The summed E-state index contributed by atoms with van der Waals surface area (Å²) >= 11 is 0. The topological polar surface area (TPSA) is 152 Å². The Hall–Kier alpha value is -6.56. The first-order valence-electron chi connectivity index (χ1n) is 16.4. The van der Waals surface area contributed by atoms with Crippen molar-refractivity contribution in [3.05, 3.63) is 144 Å². The van der Waals surface area contributed by atoms with E-state index < -0.39 is 0 Å². The molecule has 0 aliphatic heterocycles. The number of rotatable bonds is 6. The molecule has 244 valence electrons. The fraction of sp³-hybridized carbons (Fsp3) is 0.158. The van der Waals surface area contributed by atoms with Crippen molar-refractivity contribution < 1.29 is 10.2 Å². The van der Waals surface area contributed by atoms with Gasteiger partial charge < -0.3 is 10.2 Å². The summed E-state index contributed by atoms with van der Waals surface area (Å²) in [5, 5.41) is 45.6. The molecular formula is C38H30N10O2. The summed E-state index contributed by atoms with van der Waals surface area (Å²) in [6, 6.07) is 34.5. The van der Waals surface area contributed by atoms with E-state index in [1.54, 1.807) is 45.7 Å². The normalized spacial score (nSPS) is 15.4. The Morgan fingerprint density at radius 1 is 0.500 bits per heavy atom. The minimum Gasteiger partial charge on any atom is -0.508 e. The van der Waals surface area contributed by atoms with E-state index in [1.165, 1.54) is 0 Å². The number of hydrogen-bond donors (Lipinski definition) is 2. The molecule has 0 unspecified atom stereocenters. The zero-order chi connectivity index (χ0) is 33.7. The molecule has 4 aromatic heterocycles. The number of nitrogens with zero attached hydrogens (tertiary/aromatic N) is 10. The molecule has 2 fully saturated rings. The van der Waals surface area contributed by atoms with Gasteiger partial charge >= 0.3 is 0 Å². The maximum atomic E-state index is 9.55. The van der Waals surface area contributed by atoms with Crippen LogP contribution in [-0.4, -0.2) is 59.8 Å². The van der Waals surface area contributed by atoms with Crippen molar-refractivity contribution in [2.45, 2.75) is 36.5 Å². The van der Waals surface area contributed by atoms with E-state index >= 15 is 0 Å². The third-order valence-corrected chi connectivity index (χ3v) is 9.61. The van der Waals surface area contributed by atoms with Gasteiger partial charge in [-0.15, -0.1) is 20.4 Å². The lowest BCUT2D eigenvalue weighted by atomic mass is 9.95. The lowest BCUT2D eigenvalue weighted by Crippen LogP contribution is -2.15. The van der Waals surface area contributed by atoms with Crippen LogP contribution in [0.2, 0.25) is 0 Å². The number of phenols is 2. The van der Waals surface area contributed by atoms with Crippen molar-refractivity contribution in [3.63, 3.8) is 0 Å². The quantitative estimate of drug-likeness (QED) is 0.219. The van der Waals surface area contributed by atoms with Crippen LogP contribution in [0.4, 0.5) is 0 Å². The molecule has 12 heteroatoms. The summed E-state index contributed by atoms with van der Waals surface area (Å²) in [5.74, 6) is 3.13. The summed E-state index contributed by atoms with van der Waals surface area (Å²) in [7, 11) is 0. The standard InChI is InChI=1S/2C19H15N5O/c25-15-8-6-14(7-9-15)19(10-11-19)17-22-23-18-21-16(12-20-24(17)18)13-4-2-1-3-5-13;25-15-8-6-14(7-9-15)19(10-11-19)17-21-22-18-20-12-16(23-24(17)18)13-4-2-1-3-5-13/h2*1-9,12,25H,10-11H2. The van der Waals surface area contributed by atoms with Crippen LogP contribution in [0.15, 0.2) is 122 Å². The molecule has 2 N–H and O–H groups in total. The van der Waals surface area contributed by atoms with E-state index in [9.17, 15) is 10.2 Å². The van der Waals surface area contributed by atoms with Gasteiger partial charge in [0.1, 0.15) is 17.2 Å². The van der Waals surface area contributed by atoms with Gasteiger partial charge in [-0.3, -0.25) is 0 Å². The van der Waals surface area contributed by atoms with E-state index in [1.807, 2.05) is 84.9 Å². The number of aromatic nitrogens is 10. The number of aromatic hydroxyl groups is 2. The van der Waals surface area contributed by atoms with Crippen LogP contribution in [0.5, 0.6) is 11.5 Å². The van der Waals surface area contributed by atoms with Gasteiger partial charge in [-0.05, 0) is 61.1 Å². The number of phenolic OH excluding ortho intramolecular Hbond substituents is 2. The monoisotopic (exact) mass is 658 g/mol. The first kappa shape index (κ1) is 29.6. The molecule has 0 atom stereocenters. The Labute approximate surface area is 285 Å². The van der Waals surface area contributed by atoms with Gasteiger partial charge in [0.05, 0.1) is 28.9 Å². The first-order chi connectivity index (χ1) is 24.5. The largest absolute Gasteiger partial charge is 0.508 e. The third-order valence-electron chi connectivity index (χ3n) is 9.61. The predicted molar refractivity (Wildman–Crippen MR) is 184 cm³/mol. The molecule has 2 saturated carbocycles. The molecule has 0 bridgehead atoms. The maximum absolute atomic E-state index is 9.55. The molecule has 10 rings (SSSR count). The average Bonchev–Trinajstić information content (AvgIpc) is 4.07. The van der Waals surface area contributed by atoms with Crippen molar-refractivity contribution >= 4 is 11.6 Å². The molecule has 0 amide bonds. The van der Waals surface area contributed by atoms with Crippen molar-refractivity contribution in [2.24, 2.45) is 0 Å². The van der Waals surface area contributed by atoms with Crippen LogP contribution in [0.1, 0.15) is 48.5 Å². The van der Waals surface area contributed by atoms with Crippen LogP contribution in [0.25, 0.3) is 34.1 Å². The first-order valence-corrected chi connectivity index (χ1v) is 16.4. The molecular weight excluding hydrogens is 628 g/mol. The second kappa shape index (κ2) is 11.5. The Morgan fingerprint density at radius 2 is 1.00 bits per heavy atom. The van der Waals surface area contributed by atoms with Crippen molar-refractivity contribution in [1.29, 1.82) is 0 Å². The second-order valence-electron chi connectivity index (χ2n) is 12.7. The SMILES string of the molecule is Oc1ccc(C2(c3nnc4nc(-c5ccccc5)cnn34)CC2)cc1.Oc1ccc(C2(c3nnc4ncc(-c5ccccc5)nn34)CC2)cc1. The minimum absolute atomic E-state index is 0.184. The third kappa shape index (κ3) is 5.09. The molecule has 4 heterocycles. The molecule has 2 aliphatic carbocycles. The van der Waals surface area contributed by atoms with Gasteiger partial charge in [0, 0.05) is 11.1 Å². The van der Waals surface area contributed by atoms with E-state index in [-0.39, 0.29) is 22.3 Å². The molecule has 8 aromatic rings. The fourth-order valence-corrected chi connectivity index (χ4v) is 6.57. The van der Waals surface area contributed by atoms with E-state index in [0.29, 0.717) is 11.6 Å². The molecule has 50 heavy (non-hydrogen) atoms. The maximum Gasteiger partial charge on any atom is 0.272 e. The second-order valence-corrected chi connectivity index (χ2v) is 12.7. The average molecular weight is 659 g/mol. The number of hydrogen-bond acceptors (Lipinski definition) is 10. The summed E-state index contributed by atoms with van der Waals surface area (Å²) in [6.45, 7) is 0. The van der Waals surface area contributed by atoms with Crippen LogP contribution in [0.3, 0.4) is 0 Å². The van der Waals surface area contributed by atoms with Crippen molar-refractivity contribution in [3.8, 4) is 34.0 Å². The molecule has 0 spiro atoms. The minimum atomic E-state index is -0.197. The summed E-state index contributed by atoms with van der Waals surface area (Å²) in [5.41, 5.74) is 5.43. The highest BCUT2D eigenvalue weighted by Crippen LogP contribution is 2.53. The van der Waals surface area contributed by atoms with E-state index in [0.717, 1.165) is 71.0 Å². The predicted octanol–water partition coefficient (Wildman–Crippen LogP) is 5.94. The highest BCUT2D eigenvalue weighted by atomic mass is 16.3. The van der Waals surface area contributed by atoms with E-state index in [2.05, 4.69) is 35.5 Å². The molecule has 4 aromatic carbocycles. The van der Waals surface area contributed by atoms with Crippen molar-refractivity contribution in [1.82, 2.24) is 49.6 Å². The van der Waals surface area contributed by atoms with Gasteiger partial charge in [0.2, 0.25) is 0 Å². The number of fused-ring (bicyclic) bond motifs is 2. The van der Waals surface area contributed by atoms with Gasteiger partial charge in [0.15, 0.2) is 11.6 Å². The Kier molecular flexibility index (Phi) is 6.83. The molecule has 0 saturated heterocycles. The highest BCUT2D eigenvalue weighted by molar-refractivity contribution is 5.60. The van der Waals surface area contributed by atoms with Crippen LogP contribution in [-0.2, 0) is 10.8 Å². The Bertz CT molecular complexity index is 2450. The van der Waals surface area contributed by atoms with Gasteiger partial charge in [-0.2, -0.15) is 19.2 Å². The fourth-order valence-electron chi connectivity index (χ4n) is 6.57. The van der Waals surface area contributed by atoms with Crippen molar-refractivity contribution in [2.75, 3.05) is 0 Å². The number of benzene rings is 4.